The molecule has 2 unspecified atom stereocenters. The molecule has 1 aromatic carbocycles. The number of aliphatic carboxylic acids is 1. The monoisotopic (exact) mass is 427 g/mol. The summed E-state index contributed by atoms with van der Waals surface area (Å²) in [5.41, 5.74) is 11.6. The van der Waals surface area contributed by atoms with Gasteiger partial charge in [-0.05, 0) is 51.3 Å². The molecule has 6 N–H and O–H groups in total. The lowest BCUT2D eigenvalue weighted by Gasteiger charge is -2.21. The number of hydrogen-bond acceptors (Lipinski definition) is 6. The van der Waals surface area contributed by atoms with E-state index in [-0.39, 0.29) is 19.4 Å². The number of benzene rings is 1. The van der Waals surface area contributed by atoms with Gasteiger partial charge in [-0.3, -0.25) is 9.59 Å². The Bertz CT molecular complexity index is 671. The molecule has 0 aromatic heterocycles. The van der Waals surface area contributed by atoms with E-state index in [0.717, 1.165) is 0 Å². The normalized spacial score (nSPS) is 12.8. The number of ketones is 1. The summed E-state index contributed by atoms with van der Waals surface area (Å²) in [5, 5.41) is 12.4. The Labute approximate surface area is 175 Å². The molecule has 0 radical (unpaired) electrons. The van der Waals surface area contributed by atoms with E-state index in [1.165, 1.54) is 0 Å². The maximum Gasteiger partial charge on any atom is 0.408 e. The van der Waals surface area contributed by atoms with Crippen LogP contribution in [0.25, 0.3) is 0 Å². The molecule has 0 fully saturated rings. The van der Waals surface area contributed by atoms with Crippen molar-refractivity contribution < 1.29 is 24.2 Å². The van der Waals surface area contributed by atoms with Crippen LogP contribution in [-0.2, 0) is 20.9 Å². The van der Waals surface area contributed by atoms with Gasteiger partial charge in [-0.2, -0.15) is 0 Å². The van der Waals surface area contributed by atoms with E-state index in [0.29, 0.717) is 49.4 Å². The van der Waals surface area contributed by atoms with E-state index in [9.17, 15) is 19.5 Å². The molecule has 0 heterocycles. The Morgan fingerprint density at radius 1 is 1.03 bits per heavy atom. The van der Waals surface area contributed by atoms with Gasteiger partial charge >= 0.3 is 12.1 Å². The number of amides is 1. The first-order chi connectivity index (χ1) is 13.9. The second kappa shape index (κ2) is 13.9. The van der Waals surface area contributed by atoms with Crippen LogP contribution < -0.4 is 16.8 Å². The zero-order valence-electron chi connectivity index (χ0n) is 16.4. The van der Waals surface area contributed by atoms with Gasteiger partial charge in [0.15, 0.2) is 5.78 Å². The second-order valence-corrected chi connectivity index (χ2v) is 7.13. The molecule has 162 valence electrons. The Hall–Kier alpha value is -2.16. The van der Waals surface area contributed by atoms with Crippen LogP contribution >= 0.6 is 11.6 Å². The zero-order chi connectivity index (χ0) is 21.6. The standard InChI is InChI=1S/C20H30ClN3O5/c21-16-9-2-1-7-14(16)13-29-20(28)24-17(10-4-6-12-23)18(25)15(19(26)27)8-3-5-11-22/h1-2,7,9,15,17H,3-6,8,10-13,22-23H2,(H,24,28)(H,26,27). The van der Waals surface area contributed by atoms with Crippen LogP contribution in [0.2, 0.25) is 5.02 Å². The molecule has 0 spiro atoms. The molecule has 2 atom stereocenters. The predicted octanol–water partition coefficient (Wildman–Crippen LogP) is 2.46. The third-order valence-corrected chi connectivity index (χ3v) is 4.86. The molecular weight excluding hydrogens is 398 g/mol. The number of unbranched alkanes of at least 4 members (excludes halogenated alkanes) is 2. The molecule has 9 heteroatoms. The average Bonchev–Trinajstić information content (AvgIpc) is 2.69. The van der Waals surface area contributed by atoms with Gasteiger partial charge in [0.1, 0.15) is 12.5 Å². The Balaban J connectivity index is 2.75. The maximum atomic E-state index is 12.8. The maximum absolute atomic E-state index is 12.8. The van der Waals surface area contributed by atoms with Gasteiger partial charge in [-0.1, -0.05) is 36.2 Å². The van der Waals surface area contributed by atoms with Crippen molar-refractivity contribution in [1.29, 1.82) is 0 Å². The Morgan fingerprint density at radius 2 is 1.66 bits per heavy atom. The summed E-state index contributed by atoms with van der Waals surface area (Å²) in [6.45, 7) is 0.803. The number of nitrogens with two attached hydrogens (primary N) is 2. The minimum Gasteiger partial charge on any atom is -0.481 e. The Morgan fingerprint density at radius 3 is 2.24 bits per heavy atom. The summed E-state index contributed by atoms with van der Waals surface area (Å²) in [6.07, 6.45) is 2.04. The van der Waals surface area contributed by atoms with Crippen molar-refractivity contribution in [2.45, 2.75) is 51.2 Å². The van der Waals surface area contributed by atoms with Gasteiger partial charge in [0.25, 0.3) is 0 Å². The van der Waals surface area contributed by atoms with Gasteiger partial charge in [0.2, 0.25) is 0 Å². The van der Waals surface area contributed by atoms with Crippen molar-refractivity contribution in [1.82, 2.24) is 5.32 Å². The highest BCUT2D eigenvalue weighted by molar-refractivity contribution is 6.31. The number of carbonyl (C=O) groups is 3. The third kappa shape index (κ3) is 9.25. The van der Waals surface area contributed by atoms with Crippen molar-refractivity contribution >= 4 is 29.4 Å². The number of carboxylic acids is 1. The molecule has 0 saturated heterocycles. The van der Waals surface area contributed by atoms with Crippen LogP contribution in [0.5, 0.6) is 0 Å². The van der Waals surface area contributed by atoms with E-state index in [1.807, 2.05) is 0 Å². The van der Waals surface area contributed by atoms with Gasteiger partial charge in [-0.25, -0.2) is 4.79 Å². The van der Waals surface area contributed by atoms with Crippen LogP contribution in [-0.4, -0.2) is 42.1 Å². The number of alkyl carbamates (subject to hydrolysis) is 1. The molecular formula is C20H30ClN3O5. The van der Waals surface area contributed by atoms with E-state index < -0.39 is 29.8 Å². The number of carboxylic acid groups (broad SMARTS) is 1. The van der Waals surface area contributed by atoms with E-state index >= 15 is 0 Å². The summed E-state index contributed by atoms with van der Waals surface area (Å²) >= 11 is 6.03. The van der Waals surface area contributed by atoms with Crippen molar-refractivity contribution in [3.63, 3.8) is 0 Å². The number of Topliss-reactive ketones (excluding diaryl/α,β-unsaturated/α-hetero) is 1. The smallest absolute Gasteiger partial charge is 0.408 e. The zero-order valence-corrected chi connectivity index (χ0v) is 17.2. The molecule has 1 amide bonds. The van der Waals surface area contributed by atoms with E-state index in [4.69, 9.17) is 27.8 Å². The Kier molecular flexibility index (Phi) is 11.9. The van der Waals surface area contributed by atoms with Crippen molar-refractivity contribution in [3.8, 4) is 0 Å². The largest absolute Gasteiger partial charge is 0.481 e. The third-order valence-electron chi connectivity index (χ3n) is 4.49. The van der Waals surface area contributed by atoms with Gasteiger partial charge in [0, 0.05) is 10.6 Å². The van der Waals surface area contributed by atoms with Crippen molar-refractivity contribution in [3.05, 3.63) is 34.9 Å². The fraction of sp³-hybridized carbons (Fsp3) is 0.550. The van der Waals surface area contributed by atoms with Crippen LogP contribution in [0.4, 0.5) is 4.79 Å². The predicted molar refractivity (Wildman–Crippen MR) is 111 cm³/mol. The fourth-order valence-corrected chi connectivity index (χ4v) is 3.03. The van der Waals surface area contributed by atoms with Crippen molar-refractivity contribution in [2.75, 3.05) is 13.1 Å². The highest BCUT2D eigenvalue weighted by Gasteiger charge is 2.32. The summed E-state index contributed by atoms with van der Waals surface area (Å²) in [4.78, 5) is 36.6. The minimum absolute atomic E-state index is 0.0614. The summed E-state index contributed by atoms with van der Waals surface area (Å²) in [5.74, 6) is -2.95. The minimum atomic E-state index is -1.21. The molecule has 0 aliphatic heterocycles. The molecule has 1 rings (SSSR count). The highest BCUT2D eigenvalue weighted by Crippen LogP contribution is 2.17. The number of halogens is 1. The van der Waals surface area contributed by atoms with Crippen molar-refractivity contribution in [2.24, 2.45) is 17.4 Å². The number of nitrogens with one attached hydrogen (secondary N) is 1. The first-order valence-electron chi connectivity index (χ1n) is 9.74. The van der Waals surface area contributed by atoms with E-state index in [2.05, 4.69) is 5.32 Å². The molecule has 29 heavy (non-hydrogen) atoms. The molecule has 0 bridgehead atoms. The summed E-state index contributed by atoms with van der Waals surface area (Å²) in [7, 11) is 0. The molecule has 8 nitrogen and oxygen atoms in total. The summed E-state index contributed by atoms with van der Waals surface area (Å²) in [6, 6.07) is 5.96. The number of rotatable bonds is 14. The lowest BCUT2D eigenvalue weighted by Crippen LogP contribution is -2.45. The van der Waals surface area contributed by atoms with Crippen LogP contribution in [0.1, 0.15) is 44.1 Å². The quantitative estimate of drug-likeness (QED) is 0.263. The molecule has 0 aliphatic rings. The summed E-state index contributed by atoms with van der Waals surface area (Å²) < 4.78 is 5.16. The topological polar surface area (TPSA) is 145 Å². The first kappa shape index (κ1) is 24.9. The lowest BCUT2D eigenvalue weighted by molar-refractivity contribution is -0.147. The van der Waals surface area contributed by atoms with Crippen LogP contribution in [0.3, 0.4) is 0 Å². The second-order valence-electron chi connectivity index (χ2n) is 6.73. The SMILES string of the molecule is NCCCCC(NC(=O)OCc1ccccc1Cl)C(=O)C(CCCCN)C(=O)O. The average molecular weight is 428 g/mol. The number of ether oxygens (including phenoxy) is 1. The molecule has 0 saturated carbocycles. The highest BCUT2D eigenvalue weighted by atomic mass is 35.5. The van der Waals surface area contributed by atoms with E-state index in [1.54, 1.807) is 24.3 Å². The fourth-order valence-electron chi connectivity index (χ4n) is 2.84. The molecule has 1 aromatic rings. The number of carbonyl (C=O) groups excluding carboxylic acids is 2. The van der Waals surface area contributed by atoms with Gasteiger partial charge in [-0.15, -0.1) is 0 Å². The van der Waals surface area contributed by atoms with Gasteiger partial charge < -0.3 is 26.6 Å². The van der Waals surface area contributed by atoms with Crippen LogP contribution in [0, 0.1) is 5.92 Å². The number of hydrogen-bond donors (Lipinski definition) is 4. The first-order valence-corrected chi connectivity index (χ1v) is 10.1. The van der Waals surface area contributed by atoms with Crippen LogP contribution in [0.15, 0.2) is 24.3 Å². The lowest BCUT2D eigenvalue weighted by atomic mass is 9.90. The molecule has 0 aliphatic carbocycles. The van der Waals surface area contributed by atoms with Gasteiger partial charge in [0.05, 0.1) is 6.04 Å².